The second-order valence-electron chi connectivity index (χ2n) is 6.42. The Kier molecular flexibility index (Phi) is 7.19. The van der Waals surface area contributed by atoms with Gasteiger partial charge in [0.2, 0.25) is 5.91 Å². The Morgan fingerprint density at radius 3 is 2.28 bits per heavy atom. The van der Waals surface area contributed by atoms with Crippen LogP contribution in [-0.4, -0.2) is 23.0 Å². The molecule has 1 atom stereocenters. The van der Waals surface area contributed by atoms with Crippen LogP contribution in [0.4, 0.5) is 10.5 Å². The smallest absolute Gasteiger partial charge is 0.315 e. The van der Waals surface area contributed by atoms with Gasteiger partial charge in [0.15, 0.2) is 0 Å². The molecule has 3 aromatic rings. The molecule has 0 aliphatic heterocycles. The number of hydrogen-bond acceptors (Lipinski definition) is 3. The molecular formula is C22H21ClN4O2. The number of nitrogens with one attached hydrogen (secondary N) is 3. The second kappa shape index (κ2) is 10.2. The van der Waals surface area contributed by atoms with E-state index in [-0.39, 0.29) is 5.91 Å². The molecular weight excluding hydrogens is 388 g/mol. The van der Waals surface area contributed by atoms with Gasteiger partial charge >= 0.3 is 6.03 Å². The summed E-state index contributed by atoms with van der Waals surface area (Å²) in [4.78, 5) is 29.1. The molecule has 148 valence electrons. The highest BCUT2D eigenvalue weighted by Gasteiger charge is 2.21. The Bertz CT molecular complexity index is 934. The Hall–Kier alpha value is -3.38. The molecule has 0 bridgehead atoms. The van der Waals surface area contributed by atoms with Gasteiger partial charge in [0.1, 0.15) is 6.04 Å². The first-order valence-electron chi connectivity index (χ1n) is 9.14. The van der Waals surface area contributed by atoms with Crippen LogP contribution in [0.3, 0.4) is 0 Å². The largest absolute Gasteiger partial charge is 0.334 e. The first-order chi connectivity index (χ1) is 14.1. The number of halogens is 1. The van der Waals surface area contributed by atoms with Crippen LogP contribution >= 0.6 is 11.6 Å². The van der Waals surface area contributed by atoms with Crippen LogP contribution < -0.4 is 16.0 Å². The topological polar surface area (TPSA) is 83.1 Å². The zero-order chi connectivity index (χ0) is 20.5. The number of carbonyl (C=O) groups is 2. The molecule has 0 saturated heterocycles. The van der Waals surface area contributed by atoms with Gasteiger partial charge in [0.25, 0.3) is 0 Å². The van der Waals surface area contributed by atoms with Crippen molar-refractivity contribution in [2.75, 3.05) is 5.32 Å². The van der Waals surface area contributed by atoms with E-state index in [1.54, 1.807) is 36.7 Å². The van der Waals surface area contributed by atoms with Crippen molar-refractivity contribution in [2.24, 2.45) is 0 Å². The van der Waals surface area contributed by atoms with Crippen molar-refractivity contribution in [1.29, 1.82) is 0 Å². The summed E-state index contributed by atoms with van der Waals surface area (Å²) in [5, 5.41) is 8.98. The van der Waals surface area contributed by atoms with E-state index in [4.69, 9.17) is 11.6 Å². The fraction of sp³-hybridized carbons (Fsp3) is 0.136. The SMILES string of the molecule is O=C(NCc1ccc(Cl)cc1)NC(Cc1ccccc1)C(=O)Nc1ccncc1. The number of pyridine rings is 1. The lowest BCUT2D eigenvalue weighted by Gasteiger charge is -2.19. The predicted molar refractivity (Wildman–Crippen MR) is 114 cm³/mol. The summed E-state index contributed by atoms with van der Waals surface area (Å²) in [6.45, 7) is 0.326. The monoisotopic (exact) mass is 408 g/mol. The molecule has 3 rings (SSSR count). The first kappa shape index (κ1) is 20.4. The molecule has 1 aromatic heterocycles. The number of anilines is 1. The van der Waals surface area contributed by atoms with Gasteiger partial charge in [0.05, 0.1) is 0 Å². The number of urea groups is 1. The number of carbonyl (C=O) groups excluding carboxylic acids is 2. The van der Waals surface area contributed by atoms with E-state index in [9.17, 15) is 9.59 Å². The van der Waals surface area contributed by atoms with Crippen LogP contribution in [0.25, 0.3) is 0 Å². The van der Waals surface area contributed by atoms with Crippen molar-refractivity contribution in [2.45, 2.75) is 19.0 Å². The molecule has 0 radical (unpaired) electrons. The molecule has 0 fully saturated rings. The summed E-state index contributed by atoms with van der Waals surface area (Å²) < 4.78 is 0. The molecule has 2 aromatic carbocycles. The molecule has 6 nitrogen and oxygen atoms in total. The summed E-state index contributed by atoms with van der Waals surface area (Å²) in [6.07, 6.45) is 3.55. The number of benzene rings is 2. The highest BCUT2D eigenvalue weighted by molar-refractivity contribution is 6.30. The summed E-state index contributed by atoms with van der Waals surface area (Å²) in [7, 11) is 0. The van der Waals surface area contributed by atoms with E-state index >= 15 is 0 Å². The van der Waals surface area contributed by atoms with Crippen LogP contribution in [0.1, 0.15) is 11.1 Å². The standard InChI is InChI=1S/C22H21ClN4O2/c23-18-8-6-17(7-9-18)15-25-22(29)27-20(14-16-4-2-1-3-5-16)21(28)26-19-10-12-24-13-11-19/h1-13,20H,14-15H2,(H,24,26,28)(H2,25,27,29). The summed E-state index contributed by atoms with van der Waals surface area (Å²) in [5.74, 6) is -0.304. The lowest BCUT2D eigenvalue weighted by molar-refractivity contribution is -0.117. The molecule has 1 unspecified atom stereocenters. The van der Waals surface area contributed by atoms with E-state index in [2.05, 4.69) is 20.9 Å². The van der Waals surface area contributed by atoms with Gasteiger partial charge in [-0.2, -0.15) is 0 Å². The van der Waals surface area contributed by atoms with E-state index < -0.39 is 12.1 Å². The molecule has 3 amide bonds. The van der Waals surface area contributed by atoms with Crippen LogP contribution in [0.5, 0.6) is 0 Å². The number of nitrogens with zero attached hydrogens (tertiary/aromatic N) is 1. The van der Waals surface area contributed by atoms with E-state index in [1.807, 2.05) is 42.5 Å². The lowest BCUT2D eigenvalue weighted by Crippen LogP contribution is -2.49. The number of amides is 3. The minimum absolute atomic E-state index is 0.304. The zero-order valence-corrected chi connectivity index (χ0v) is 16.4. The predicted octanol–water partition coefficient (Wildman–Crippen LogP) is 3.78. The first-order valence-corrected chi connectivity index (χ1v) is 9.51. The Morgan fingerprint density at radius 1 is 0.897 bits per heavy atom. The van der Waals surface area contributed by atoms with E-state index in [0.717, 1.165) is 11.1 Å². The van der Waals surface area contributed by atoms with Gasteiger partial charge in [0, 0.05) is 36.1 Å². The molecule has 0 saturated carbocycles. The van der Waals surface area contributed by atoms with Crippen molar-refractivity contribution in [1.82, 2.24) is 15.6 Å². The molecule has 0 aliphatic carbocycles. The third kappa shape index (κ3) is 6.62. The Morgan fingerprint density at radius 2 is 1.59 bits per heavy atom. The van der Waals surface area contributed by atoms with Crippen LogP contribution in [-0.2, 0) is 17.8 Å². The molecule has 29 heavy (non-hydrogen) atoms. The molecule has 0 aliphatic rings. The fourth-order valence-electron chi connectivity index (χ4n) is 2.72. The van der Waals surface area contributed by atoms with Crippen LogP contribution in [0.15, 0.2) is 79.1 Å². The second-order valence-corrected chi connectivity index (χ2v) is 6.86. The number of aromatic nitrogens is 1. The van der Waals surface area contributed by atoms with Gasteiger partial charge in [-0.1, -0.05) is 54.1 Å². The van der Waals surface area contributed by atoms with Gasteiger partial charge in [-0.3, -0.25) is 9.78 Å². The van der Waals surface area contributed by atoms with E-state index in [0.29, 0.717) is 23.7 Å². The van der Waals surface area contributed by atoms with Gasteiger partial charge in [-0.25, -0.2) is 4.79 Å². The van der Waals surface area contributed by atoms with Crippen molar-refractivity contribution in [3.05, 3.63) is 95.3 Å². The third-order valence-corrected chi connectivity index (χ3v) is 4.47. The zero-order valence-electron chi connectivity index (χ0n) is 15.6. The highest BCUT2D eigenvalue weighted by Crippen LogP contribution is 2.10. The molecule has 0 spiro atoms. The number of rotatable bonds is 7. The summed E-state index contributed by atoms with van der Waals surface area (Å²) >= 11 is 5.87. The molecule has 7 heteroatoms. The van der Waals surface area contributed by atoms with Crippen molar-refractivity contribution in [3.8, 4) is 0 Å². The van der Waals surface area contributed by atoms with Crippen molar-refractivity contribution in [3.63, 3.8) is 0 Å². The maximum Gasteiger partial charge on any atom is 0.315 e. The average molecular weight is 409 g/mol. The van der Waals surface area contributed by atoms with Gasteiger partial charge in [-0.15, -0.1) is 0 Å². The Labute approximate surface area is 174 Å². The van der Waals surface area contributed by atoms with Crippen molar-refractivity contribution < 1.29 is 9.59 Å². The molecule has 1 heterocycles. The normalized spacial score (nSPS) is 11.3. The maximum atomic E-state index is 12.8. The quantitative estimate of drug-likeness (QED) is 0.556. The Balaban J connectivity index is 1.64. The minimum Gasteiger partial charge on any atom is -0.334 e. The molecule has 3 N–H and O–H groups in total. The summed E-state index contributed by atoms with van der Waals surface area (Å²) in [5.41, 5.74) is 2.47. The highest BCUT2D eigenvalue weighted by atomic mass is 35.5. The lowest BCUT2D eigenvalue weighted by atomic mass is 10.1. The van der Waals surface area contributed by atoms with Crippen molar-refractivity contribution >= 4 is 29.2 Å². The number of hydrogen-bond donors (Lipinski definition) is 3. The summed E-state index contributed by atoms with van der Waals surface area (Å²) in [6, 6.07) is 18.9. The van der Waals surface area contributed by atoms with Gasteiger partial charge < -0.3 is 16.0 Å². The fourth-order valence-corrected chi connectivity index (χ4v) is 2.84. The maximum absolute atomic E-state index is 12.8. The van der Waals surface area contributed by atoms with Gasteiger partial charge in [-0.05, 0) is 35.4 Å². The minimum atomic E-state index is -0.740. The van der Waals surface area contributed by atoms with Crippen LogP contribution in [0, 0.1) is 0 Å². The average Bonchev–Trinajstić information content (AvgIpc) is 2.74. The third-order valence-electron chi connectivity index (χ3n) is 4.22. The van der Waals surface area contributed by atoms with Crippen LogP contribution in [0.2, 0.25) is 5.02 Å². The van der Waals surface area contributed by atoms with E-state index in [1.165, 1.54) is 0 Å².